The number of fused-ring (bicyclic) bond motifs is 1. The molecule has 0 atom stereocenters. The molecule has 2 aliphatic rings. The molecule has 92 valence electrons. The molecule has 1 aromatic rings. The van der Waals surface area contributed by atoms with Crippen LogP contribution in [0.1, 0.15) is 22.8 Å². The van der Waals surface area contributed by atoms with Gasteiger partial charge in [-0.25, -0.2) is 0 Å². The minimum absolute atomic E-state index is 0.0845. The molecule has 1 aliphatic carbocycles. The number of rotatable bonds is 1. The molecule has 1 heterocycles. The Kier molecular flexibility index (Phi) is 2.74. The SMILES string of the molecule is CCN1C(=O)CS/C1=C1/Cc2ccccc2C1=O. The van der Waals surface area contributed by atoms with Gasteiger partial charge in [-0.15, -0.1) is 0 Å². The van der Waals surface area contributed by atoms with Crippen LogP contribution in [0.2, 0.25) is 0 Å². The van der Waals surface area contributed by atoms with E-state index in [9.17, 15) is 9.59 Å². The van der Waals surface area contributed by atoms with E-state index in [2.05, 4.69) is 0 Å². The third-order valence-electron chi connectivity index (χ3n) is 3.36. The van der Waals surface area contributed by atoms with Gasteiger partial charge in [0.1, 0.15) is 0 Å². The molecule has 1 fully saturated rings. The molecule has 0 unspecified atom stereocenters. The van der Waals surface area contributed by atoms with Gasteiger partial charge in [0.25, 0.3) is 0 Å². The Hall–Kier alpha value is -1.55. The fourth-order valence-corrected chi connectivity index (χ4v) is 3.61. The van der Waals surface area contributed by atoms with Crippen LogP contribution in [0, 0.1) is 0 Å². The Morgan fingerprint density at radius 2 is 2.06 bits per heavy atom. The van der Waals surface area contributed by atoms with Gasteiger partial charge in [0.05, 0.1) is 10.8 Å². The van der Waals surface area contributed by atoms with E-state index < -0.39 is 0 Å². The van der Waals surface area contributed by atoms with Crippen LogP contribution < -0.4 is 0 Å². The first kappa shape index (κ1) is 11.5. The highest BCUT2D eigenvalue weighted by Crippen LogP contribution is 2.37. The molecule has 3 nitrogen and oxygen atoms in total. The second-order valence-electron chi connectivity index (χ2n) is 4.37. The highest BCUT2D eigenvalue weighted by Gasteiger charge is 2.34. The molecule has 0 bridgehead atoms. The van der Waals surface area contributed by atoms with E-state index in [1.54, 1.807) is 4.90 Å². The molecule has 0 radical (unpaired) electrons. The zero-order valence-corrected chi connectivity index (χ0v) is 10.9. The summed E-state index contributed by atoms with van der Waals surface area (Å²) in [6.45, 7) is 2.57. The van der Waals surface area contributed by atoms with Crippen molar-refractivity contribution >= 4 is 23.5 Å². The number of ketones is 1. The summed E-state index contributed by atoms with van der Waals surface area (Å²) in [6, 6.07) is 7.68. The quantitative estimate of drug-likeness (QED) is 0.726. The molecule has 1 amide bonds. The summed E-state index contributed by atoms with van der Waals surface area (Å²) < 4.78 is 0. The lowest BCUT2D eigenvalue weighted by molar-refractivity contribution is -0.125. The lowest BCUT2D eigenvalue weighted by Crippen LogP contribution is -2.25. The molecule has 1 aliphatic heterocycles. The predicted molar refractivity (Wildman–Crippen MR) is 71.3 cm³/mol. The van der Waals surface area contributed by atoms with E-state index >= 15 is 0 Å². The molecule has 0 aromatic heterocycles. The monoisotopic (exact) mass is 259 g/mol. The zero-order valence-electron chi connectivity index (χ0n) is 10.1. The molecular weight excluding hydrogens is 246 g/mol. The minimum Gasteiger partial charge on any atom is -0.306 e. The van der Waals surface area contributed by atoms with Crippen LogP contribution in [-0.4, -0.2) is 28.9 Å². The lowest BCUT2D eigenvalue weighted by Gasteiger charge is -2.15. The molecule has 0 saturated carbocycles. The van der Waals surface area contributed by atoms with Gasteiger partial charge in [0, 0.05) is 24.1 Å². The third kappa shape index (κ3) is 1.60. The topological polar surface area (TPSA) is 37.4 Å². The van der Waals surface area contributed by atoms with Crippen molar-refractivity contribution in [3.8, 4) is 0 Å². The second-order valence-corrected chi connectivity index (χ2v) is 5.34. The van der Waals surface area contributed by atoms with Gasteiger partial charge in [-0.2, -0.15) is 0 Å². The molecule has 4 heteroatoms. The van der Waals surface area contributed by atoms with Crippen molar-refractivity contribution in [1.29, 1.82) is 0 Å². The van der Waals surface area contributed by atoms with Crippen molar-refractivity contribution in [2.45, 2.75) is 13.3 Å². The predicted octanol–water partition coefficient (Wildman–Crippen LogP) is 2.23. The molecule has 0 spiro atoms. The summed E-state index contributed by atoms with van der Waals surface area (Å²) >= 11 is 1.49. The second kappa shape index (κ2) is 4.28. The number of carbonyl (C=O) groups excluding carboxylic acids is 2. The van der Waals surface area contributed by atoms with E-state index in [-0.39, 0.29) is 11.7 Å². The lowest BCUT2D eigenvalue weighted by atomic mass is 10.1. The van der Waals surface area contributed by atoms with Gasteiger partial charge < -0.3 is 4.90 Å². The van der Waals surface area contributed by atoms with Crippen LogP contribution in [0.15, 0.2) is 34.9 Å². The van der Waals surface area contributed by atoms with E-state index in [0.29, 0.717) is 18.7 Å². The maximum Gasteiger partial charge on any atom is 0.237 e. The number of carbonyl (C=O) groups is 2. The van der Waals surface area contributed by atoms with Crippen LogP contribution in [0.4, 0.5) is 0 Å². The molecule has 18 heavy (non-hydrogen) atoms. The van der Waals surface area contributed by atoms with Gasteiger partial charge in [0.15, 0.2) is 5.78 Å². The van der Waals surface area contributed by atoms with Crippen molar-refractivity contribution < 1.29 is 9.59 Å². The molecule has 1 saturated heterocycles. The summed E-state index contributed by atoms with van der Waals surface area (Å²) in [5, 5.41) is 0.865. The Labute approximate surface area is 110 Å². The van der Waals surface area contributed by atoms with Crippen LogP contribution in [-0.2, 0) is 11.2 Å². The van der Waals surface area contributed by atoms with Gasteiger partial charge in [0.2, 0.25) is 5.91 Å². The van der Waals surface area contributed by atoms with Crippen molar-refractivity contribution in [2.24, 2.45) is 0 Å². The van der Waals surface area contributed by atoms with E-state index in [4.69, 9.17) is 0 Å². The fraction of sp³-hybridized carbons (Fsp3) is 0.286. The molecule has 0 N–H and O–H groups in total. The average molecular weight is 259 g/mol. The number of Topliss-reactive ketones (excluding diaryl/α,β-unsaturated/α-hetero) is 1. The van der Waals surface area contributed by atoms with E-state index in [0.717, 1.165) is 21.7 Å². The first-order chi connectivity index (χ1) is 8.72. The van der Waals surface area contributed by atoms with Crippen LogP contribution in [0.25, 0.3) is 0 Å². The Morgan fingerprint density at radius 1 is 1.28 bits per heavy atom. The van der Waals surface area contributed by atoms with Crippen LogP contribution in [0.5, 0.6) is 0 Å². The Balaban J connectivity index is 2.06. The maximum atomic E-state index is 12.3. The summed E-state index contributed by atoms with van der Waals surface area (Å²) in [5.41, 5.74) is 2.64. The summed E-state index contributed by atoms with van der Waals surface area (Å²) in [5.74, 6) is 0.644. The van der Waals surface area contributed by atoms with Crippen LogP contribution >= 0.6 is 11.8 Å². The first-order valence-electron chi connectivity index (χ1n) is 6.01. The van der Waals surface area contributed by atoms with Crippen molar-refractivity contribution in [2.75, 3.05) is 12.3 Å². The number of hydrogen-bond donors (Lipinski definition) is 0. The van der Waals surface area contributed by atoms with E-state index in [1.165, 1.54) is 11.8 Å². The van der Waals surface area contributed by atoms with E-state index in [1.807, 2.05) is 31.2 Å². The summed E-state index contributed by atoms with van der Waals surface area (Å²) in [7, 11) is 0. The van der Waals surface area contributed by atoms with Crippen LogP contribution in [0.3, 0.4) is 0 Å². The highest BCUT2D eigenvalue weighted by molar-refractivity contribution is 8.04. The number of allylic oxidation sites excluding steroid dienone is 1. The molecule has 1 aromatic carbocycles. The van der Waals surface area contributed by atoms with Gasteiger partial charge in [-0.3, -0.25) is 9.59 Å². The normalized spacial score (nSPS) is 22.8. The number of amides is 1. The minimum atomic E-state index is 0.0845. The molecule has 3 rings (SSSR count). The summed E-state index contributed by atoms with van der Waals surface area (Å²) in [6.07, 6.45) is 0.654. The fourth-order valence-electron chi connectivity index (χ4n) is 2.47. The number of hydrogen-bond acceptors (Lipinski definition) is 3. The number of thioether (sulfide) groups is 1. The number of nitrogens with zero attached hydrogens (tertiary/aromatic N) is 1. The smallest absolute Gasteiger partial charge is 0.237 e. The van der Waals surface area contributed by atoms with Gasteiger partial charge in [-0.05, 0) is 12.5 Å². The standard InChI is InChI=1S/C14H13NO2S/c1-2-15-12(16)8-18-14(15)11-7-9-5-3-4-6-10(9)13(11)17/h3-6H,2,7-8H2,1H3/b14-11-. The Bertz CT molecular complexity index is 577. The van der Waals surface area contributed by atoms with Gasteiger partial charge >= 0.3 is 0 Å². The molecular formula is C14H13NO2S. The van der Waals surface area contributed by atoms with Crippen molar-refractivity contribution in [3.05, 3.63) is 46.0 Å². The first-order valence-corrected chi connectivity index (χ1v) is 7.00. The maximum absolute atomic E-state index is 12.3. The summed E-state index contributed by atoms with van der Waals surface area (Å²) in [4.78, 5) is 25.8. The zero-order chi connectivity index (χ0) is 12.7. The largest absolute Gasteiger partial charge is 0.306 e. The number of benzene rings is 1. The highest BCUT2D eigenvalue weighted by atomic mass is 32.2. The van der Waals surface area contributed by atoms with Gasteiger partial charge in [-0.1, -0.05) is 36.0 Å². The average Bonchev–Trinajstić information content (AvgIpc) is 2.91. The van der Waals surface area contributed by atoms with Crippen molar-refractivity contribution in [1.82, 2.24) is 4.90 Å². The Morgan fingerprint density at radius 3 is 2.78 bits per heavy atom. The third-order valence-corrected chi connectivity index (χ3v) is 4.49. The van der Waals surface area contributed by atoms with Crippen molar-refractivity contribution in [3.63, 3.8) is 0 Å².